The third-order valence-electron chi connectivity index (χ3n) is 2.04. The van der Waals surface area contributed by atoms with E-state index in [1.54, 1.807) is 0 Å². The molecule has 0 fully saturated rings. The number of rotatable bonds is 3. The molecule has 0 atom stereocenters. The third-order valence-corrected chi connectivity index (χ3v) is 3.16. The largest absolute Gasteiger partial charge is 0.461 e. The molecule has 0 radical (unpaired) electrons. The van der Waals surface area contributed by atoms with Crippen LogP contribution < -0.4 is 0 Å². The Morgan fingerprint density at radius 1 is 1.16 bits per heavy atom. The Morgan fingerprint density at radius 2 is 1.63 bits per heavy atom. The lowest BCUT2D eigenvalue weighted by Crippen LogP contribution is -2.37. The van der Waals surface area contributed by atoms with Crippen molar-refractivity contribution >= 4 is 19.7 Å². The van der Waals surface area contributed by atoms with Crippen molar-refractivity contribution in [2.24, 2.45) is 0 Å². The van der Waals surface area contributed by atoms with Gasteiger partial charge in [-0.05, 0) is 13.8 Å². The van der Waals surface area contributed by atoms with Crippen LogP contribution in [-0.4, -0.2) is 29.4 Å². The van der Waals surface area contributed by atoms with Gasteiger partial charge in [-0.3, -0.25) is 4.57 Å². The van der Waals surface area contributed by atoms with Gasteiger partial charge in [-0.25, -0.2) is 8.42 Å². The molecule has 0 aliphatic rings. The highest BCUT2D eigenvalue weighted by Crippen LogP contribution is 2.44. The van der Waals surface area contributed by atoms with Crippen molar-refractivity contribution in [1.82, 2.24) is 14.8 Å². The molecule has 0 saturated carbocycles. The summed E-state index contributed by atoms with van der Waals surface area (Å²) in [5.74, 6) is -7.17. The van der Waals surface area contributed by atoms with Gasteiger partial charge in [-0.2, -0.15) is 22.0 Å². The summed E-state index contributed by atoms with van der Waals surface area (Å²) >= 11 is 0. The van der Waals surface area contributed by atoms with Gasteiger partial charge in [0.1, 0.15) is 0 Å². The first-order chi connectivity index (χ1) is 8.30. The van der Waals surface area contributed by atoms with E-state index in [4.69, 9.17) is 10.7 Å². The molecule has 0 amide bonds. The number of nitrogens with zero attached hydrogens (tertiary/aromatic N) is 3. The molecule has 110 valence electrons. The molecule has 0 aliphatic heterocycles. The lowest BCUT2D eigenvalue weighted by Gasteiger charge is -2.21. The van der Waals surface area contributed by atoms with Crippen molar-refractivity contribution in [3.63, 3.8) is 0 Å². The first-order valence-corrected chi connectivity index (χ1v) is 6.95. The molecular weight excluding hydrogens is 321 g/mol. The van der Waals surface area contributed by atoms with Gasteiger partial charge in [0.25, 0.3) is 14.2 Å². The highest BCUT2D eigenvalue weighted by molar-refractivity contribution is 8.13. The minimum Gasteiger partial charge on any atom is -0.293 e. The van der Waals surface area contributed by atoms with E-state index in [0.29, 0.717) is 0 Å². The van der Waals surface area contributed by atoms with Gasteiger partial charge < -0.3 is 0 Å². The first kappa shape index (κ1) is 16.1. The van der Waals surface area contributed by atoms with E-state index in [0.717, 1.165) is 0 Å². The zero-order valence-electron chi connectivity index (χ0n) is 9.41. The van der Waals surface area contributed by atoms with E-state index in [9.17, 15) is 30.4 Å². The summed E-state index contributed by atoms with van der Waals surface area (Å²) in [4.78, 5) is 0. The SMILES string of the molecule is CC(C)n1c(C(F)(F)C(F)(F)F)nnc1S(=O)(=O)Cl. The summed E-state index contributed by atoms with van der Waals surface area (Å²) in [6.07, 6.45) is -5.93. The van der Waals surface area contributed by atoms with Crippen LogP contribution in [0.1, 0.15) is 25.7 Å². The Bertz CT molecular complexity index is 580. The fourth-order valence-electron chi connectivity index (χ4n) is 1.25. The van der Waals surface area contributed by atoms with Crippen LogP contribution in [0.2, 0.25) is 0 Å². The summed E-state index contributed by atoms with van der Waals surface area (Å²) < 4.78 is 85.4. The smallest absolute Gasteiger partial charge is 0.293 e. The van der Waals surface area contributed by atoms with Crippen molar-refractivity contribution in [3.8, 4) is 0 Å². The average Bonchev–Trinajstić information content (AvgIpc) is 2.58. The minimum absolute atomic E-state index is 0.135. The van der Waals surface area contributed by atoms with E-state index in [1.807, 2.05) is 0 Å². The highest BCUT2D eigenvalue weighted by atomic mass is 35.7. The molecule has 0 unspecified atom stereocenters. The quantitative estimate of drug-likeness (QED) is 0.632. The molecule has 0 aliphatic carbocycles. The maximum atomic E-state index is 13.2. The van der Waals surface area contributed by atoms with Crippen molar-refractivity contribution in [2.45, 2.75) is 37.1 Å². The normalized spacial score (nSPS) is 14.2. The van der Waals surface area contributed by atoms with E-state index in [1.165, 1.54) is 13.8 Å². The predicted molar refractivity (Wildman–Crippen MR) is 53.4 cm³/mol. The lowest BCUT2D eigenvalue weighted by molar-refractivity contribution is -0.293. The van der Waals surface area contributed by atoms with Gasteiger partial charge >= 0.3 is 12.1 Å². The van der Waals surface area contributed by atoms with Crippen LogP contribution in [0.25, 0.3) is 0 Å². The van der Waals surface area contributed by atoms with E-state index < -0.39 is 38.2 Å². The molecule has 0 spiro atoms. The van der Waals surface area contributed by atoms with Crippen LogP contribution >= 0.6 is 10.7 Å². The van der Waals surface area contributed by atoms with Crippen LogP contribution in [0.4, 0.5) is 22.0 Å². The molecule has 1 heterocycles. The first-order valence-electron chi connectivity index (χ1n) is 4.64. The Kier molecular flexibility index (Phi) is 3.85. The van der Waals surface area contributed by atoms with Crippen LogP contribution in [0, 0.1) is 0 Å². The Morgan fingerprint density at radius 3 is 1.95 bits per heavy atom. The third kappa shape index (κ3) is 2.81. The van der Waals surface area contributed by atoms with Crippen LogP contribution in [-0.2, 0) is 15.0 Å². The standard InChI is InChI=1S/C7H7ClF5N3O2S/c1-3(2)16-4(6(9,10)7(11,12)13)14-15-5(16)19(8,17)18/h3H,1-2H3. The van der Waals surface area contributed by atoms with Crippen LogP contribution in [0.15, 0.2) is 5.16 Å². The highest BCUT2D eigenvalue weighted by Gasteiger charge is 2.62. The molecule has 1 aromatic rings. The topological polar surface area (TPSA) is 64.8 Å². The second-order valence-electron chi connectivity index (χ2n) is 3.78. The number of alkyl halides is 5. The van der Waals surface area contributed by atoms with E-state index in [2.05, 4.69) is 10.2 Å². The molecule has 0 saturated heterocycles. The molecule has 19 heavy (non-hydrogen) atoms. The molecule has 12 heteroatoms. The fourth-order valence-corrected chi connectivity index (χ4v) is 2.24. The molecule has 1 rings (SSSR count). The van der Waals surface area contributed by atoms with E-state index >= 15 is 0 Å². The second-order valence-corrected chi connectivity index (χ2v) is 6.24. The van der Waals surface area contributed by atoms with Gasteiger partial charge in [0, 0.05) is 16.7 Å². The van der Waals surface area contributed by atoms with Crippen molar-refractivity contribution in [3.05, 3.63) is 5.82 Å². The van der Waals surface area contributed by atoms with Crippen molar-refractivity contribution < 1.29 is 30.4 Å². The zero-order chi connectivity index (χ0) is 15.2. The number of hydrogen-bond acceptors (Lipinski definition) is 4. The summed E-state index contributed by atoms with van der Waals surface area (Å²) in [5.41, 5.74) is 0. The summed E-state index contributed by atoms with van der Waals surface area (Å²) in [6, 6.07) is -1.07. The van der Waals surface area contributed by atoms with Crippen LogP contribution in [0.5, 0.6) is 0 Å². The monoisotopic (exact) mass is 327 g/mol. The number of aromatic nitrogens is 3. The van der Waals surface area contributed by atoms with Crippen molar-refractivity contribution in [1.29, 1.82) is 0 Å². The Hall–Kier alpha value is -0.970. The molecule has 5 nitrogen and oxygen atoms in total. The minimum atomic E-state index is -5.93. The molecular formula is C7H7ClF5N3O2S. The average molecular weight is 328 g/mol. The summed E-state index contributed by atoms with van der Waals surface area (Å²) in [7, 11) is 0.306. The maximum Gasteiger partial charge on any atom is 0.461 e. The Labute approximate surface area is 108 Å². The van der Waals surface area contributed by atoms with Gasteiger partial charge in [0.05, 0.1) is 0 Å². The molecule has 0 bridgehead atoms. The van der Waals surface area contributed by atoms with E-state index in [-0.39, 0.29) is 4.57 Å². The van der Waals surface area contributed by atoms with Gasteiger partial charge in [-0.1, -0.05) is 0 Å². The maximum absolute atomic E-state index is 13.2. The molecule has 1 aromatic heterocycles. The van der Waals surface area contributed by atoms with Crippen LogP contribution in [0.3, 0.4) is 0 Å². The summed E-state index contributed by atoms with van der Waals surface area (Å²) in [5, 5.41) is 4.26. The molecule has 0 N–H and O–H groups in total. The lowest BCUT2D eigenvalue weighted by atomic mass is 10.3. The number of halogens is 6. The molecule has 0 aromatic carbocycles. The Balaban J connectivity index is 3.61. The van der Waals surface area contributed by atoms with Gasteiger partial charge in [0.15, 0.2) is 0 Å². The van der Waals surface area contributed by atoms with Crippen molar-refractivity contribution in [2.75, 3.05) is 0 Å². The fraction of sp³-hybridized carbons (Fsp3) is 0.714. The zero-order valence-corrected chi connectivity index (χ0v) is 11.0. The second kappa shape index (κ2) is 4.54. The van der Waals surface area contributed by atoms with Gasteiger partial charge in [0.2, 0.25) is 5.82 Å². The predicted octanol–water partition coefficient (Wildman–Crippen LogP) is 2.44. The summed E-state index contributed by atoms with van der Waals surface area (Å²) in [6.45, 7) is 2.37. The number of hydrogen-bond donors (Lipinski definition) is 0. The van der Waals surface area contributed by atoms with Gasteiger partial charge in [-0.15, -0.1) is 10.2 Å².